The van der Waals surface area contributed by atoms with Gasteiger partial charge in [-0.2, -0.15) is 0 Å². The van der Waals surface area contributed by atoms with Crippen LogP contribution in [-0.4, -0.2) is 40.1 Å². The van der Waals surface area contributed by atoms with Crippen LogP contribution < -0.4 is 5.32 Å². The lowest BCUT2D eigenvalue weighted by atomic mass is 10.2. The van der Waals surface area contributed by atoms with E-state index < -0.39 is 0 Å². The van der Waals surface area contributed by atoms with Crippen LogP contribution in [0, 0.1) is 5.92 Å². The number of amides is 1. The molecule has 6 heteroatoms. The van der Waals surface area contributed by atoms with Crippen molar-refractivity contribution in [3.05, 3.63) is 5.01 Å². The van der Waals surface area contributed by atoms with Crippen LogP contribution in [0.3, 0.4) is 0 Å². The first-order valence-electron chi connectivity index (χ1n) is 6.84. The van der Waals surface area contributed by atoms with Crippen LogP contribution in [0.2, 0.25) is 0 Å². The Morgan fingerprint density at radius 3 is 2.53 bits per heavy atom. The molecule has 1 heterocycles. The molecule has 0 radical (unpaired) electrons. The summed E-state index contributed by atoms with van der Waals surface area (Å²) >= 11 is 1.33. The van der Waals surface area contributed by atoms with Crippen LogP contribution in [0.4, 0.5) is 5.13 Å². The molecule has 108 valence electrons. The van der Waals surface area contributed by atoms with Crippen LogP contribution >= 0.6 is 11.3 Å². The zero-order chi connectivity index (χ0) is 14.4. The molecular weight excluding hydrogens is 260 g/mol. The molecule has 0 saturated heterocycles. The number of aromatic nitrogens is 2. The topological polar surface area (TPSA) is 58.1 Å². The quantitative estimate of drug-likeness (QED) is 0.836. The van der Waals surface area contributed by atoms with Crippen LogP contribution in [-0.2, 0) is 0 Å². The minimum Gasteiger partial charge on any atom is -0.360 e. The Balaban J connectivity index is 2.76. The number of carbonyl (C=O) groups is 1. The highest BCUT2D eigenvalue weighted by atomic mass is 32.1. The summed E-state index contributed by atoms with van der Waals surface area (Å²) in [5.41, 5.74) is 0. The van der Waals surface area contributed by atoms with E-state index in [0.717, 1.165) is 24.6 Å². The van der Waals surface area contributed by atoms with Gasteiger partial charge < -0.3 is 10.2 Å². The fourth-order valence-electron chi connectivity index (χ4n) is 1.66. The van der Waals surface area contributed by atoms with Gasteiger partial charge in [-0.05, 0) is 26.2 Å². The molecule has 5 nitrogen and oxygen atoms in total. The van der Waals surface area contributed by atoms with Gasteiger partial charge in [-0.1, -0.05) is 32.1 Å². The highest BCUT2D eigenvalue weighted by molar-refractivity contribution is 7.17. The molecule has 1 N–H and O–H groups in total. The van der Waals surface area contributed by atoms with E-state index in [4.69, 9.17) is 0 Å². The second kappa shape index (κ2) is 7.43. The van der Waals surface area contributed by atoms with E-state index in [0.29, 0.717) is 10.9 Å². The minimum absolute atomic E-state index is 0.0225. The summed E-state index contributed by atoms with van der Waals surface area (Å²) in [6, 6.07) is 0.172. The van der Waals surface area contributed by atoms with Crippen molar-refractivity contribution in [3.63, 3.8) is 0 Å². The van der Waals surface area contributed by atoms with Crippen molar-refractivity contribution in [2.75, 3.05) is 18.4 Å². The van der Waals surface area contributed by atoms with Gasteiger partial charge in [-0.15, -0.1) is 10.2 Å². The summed E-state index contributed by atoms with van der Waals surface area (Å²) in [5, 5.41) is 12.3. The minimum atomic E-state index is -0.0225. The molecule has 0 fully saturated rings. The van der Waals surface area contributed by atoms with Crippen LogP contribution in [0.1, 0.15) is 50.8 Å². The molecule has 1 aromatic rings. The molecule has 1 rings (SSSR count). The van der Waals surface area contributed by atoms with Crippen LogP contribution in [0.5, 0.6) is 0 Å². The predicted molar refractivity (Wildman–Crippen MR) is 79.7 cm³/mol. The summed E-state index contributed by atoms with van der Waals surface area (Å²) in [6.07, 6.45) is 1.02. The first-order chi connectivity index (χ1) is 8.95. The Bertz CT molecular complexity index is 403. The van der Waals surface area contributed by atoms with Gasteiger partial charge in [0.2, 0.25) is 10.1 Å². The van der Waals surface area contributed by atoms with Crippen molar-refractivity contribution >= 4 is 22.4 Å². The van der Waals surface area contributed by atoms with Gasteiger partial charge in [0.15, 0.2) is 0 Å². The Labute approximate surface area is 119 Å². The SMILES string of the molecule is CCCNc1nnc(C(=O)N(CC(C)C)C(C)C)s1. The van der Waals surface area contributed by atoms with Crippen molar-refractivity contribution in [3.8, 4) is 0 Å². The van der Waals surface area contributed by atoms with E-state index in [-0.39, 0.29) is 11.9 Å². The maximum Gasteiger partial charge on any atom is 0.285 e. The number of anilines is 1. The lowest BCUT2D eigenvalue weighted by Crippen LogP contribution is -2.39. The third-order valence-electron chi connectivity index (χ3n) is 2.58. The summed E-state index contributed by atoms with van der Waals surface area (Å²) < 4.78 is 0. The van der Waals surface area contributed by atoms with Crippen molar-refractivity contribution in [1.82, 2.24) is 15.1 Å². The Kier molecular flexibility index (Phi) is 6.21. The average Bonchev–Trinajstić information content (AvgIpc) is 2.80. The van der Waals surface area contributed by atoms with E-state index in [2.05, 4.69) is 36.3 Å². The van der Waals surface area contributed by atoms with Crippen molar-refractivity contribution in [2.45, 2.75) is 47.1 Å². The normalized spacial score (nSPS) is 11.1. The number of hydrogen-bond acceptors (Lipinski definition) is 5. The molecule has 0 bridgehead atoms. The number of rotatable bonds is 7. The number of carbonyl (C=O) groups excluding carboxylic acids is 1. The number of nitrogens with one attached hydrogen (secondary N) is 1. The monoisotopic (exact) mass is 284 g/mol. The average molecular weight is 284 g/mol. The van der Waals surface area contributed by atoms with Gasteiger partial charge in [0.1, 0.15) is 0 Å². The second-order valence-electron chi connectivity index (χ2n) is 5.28. The standard InChI is InChI=1S/C13H24N4OS/c1-6-7-14-13-16-15-11(19-13)12(18)17(10(4)5)8-9(2)3/h9-10H,6-8H2,1-5H3,(H,14,16). The molecule has 0 aliphatic heterocycles. The number of nitrogens with zero attached hydrogens (tertiary/aromatic N) is 3. The zero-order valence-electron chi connectivity index (χ0n) is 12.4. The number of hydrogen-bond donors (Lipinski definition) is 1. The van der Waals surface area contributed by atoms with Gasteiger partial charge >= 0.3 is 0 Å². The molecule has 0 aromatic carbocycles. The van der Waals surface area contributed by atoms with Gasteiger partial charge in [0.05, 0.1) is 0 Å². The summed E-state index contributed by atoms with van der Waals surface area (Å²) in [7, 11) is 0. The van der Waals surface area contributed by atoms with Crippen molar-refractivity contribution in [1.29, 1.82) is 0 Å². The zero-order valence-corrected chi connectivity index (χ0v) is 13.3. The highest BCUT2D eigenvalue weighted by Crippen LogP contribution is 2.18. The second-order valence-corrected chi connectivity index (χ2v) is 6.26. The smallest absolute Gasteiger partial charge is 0.285 e. The van der Waals surface area contributed by atoms with E-state index in [1.54, 1.807) is 0 Å². The Morgan fingerprint density at radius 2 is 2.00 bits per heavy atom. The molecule has 1 amide bonds. The molecular formula is C13H24N4OS. The van der Waals surface area contributed by atoms with Crippen LogP contribution in [0.15, 0.2) is 0 Å². The Morgan fingerprint density at radius 1 is 1.32 bits per heavy atom. The third-order valence-corrected chi connectivity index (χ3v) is 3.45. The third kappa shape index (κ3) is 4.78. The van der Waals surface area contributed by atoms with E-state index in [1.807, 2.05) is 18.7 Å². The van der Waals surface area contributed by atoms with Gasteiger partial charge in [0, 0.05) is 19.1 Å². The summed E-state index contributed by atoms with van der Waals surface area (Å²) in [5.74, 6) is 0.419. The van der Waals surface area contributed by atoms with Crippen molar-refractivity contribution < 1.29 is 4.79 Å². The molecule has 0 aliphatic carbocycles. The fraction of sp³-hybridized carbons (Fsp3) is 0.769. The molecule has 0 aliphatic rings. The molecule has 0 spiro atoms. The maximum atomic E-state index is 12.4. The molecule has 0 unspecified atom stereocenters. The van der Waals surface area contributed by atoms with Gasteiger partial charge in [-0.25, -0.2) is 0 Å². The largest absolute Gasteiger partial charge is 0.360 e. The van der Waals surface area contributed by atoms with Gasteiger partial charge in [0.25, 0.3) is 5.91 Å². The maximum absolute atomic E-state index is 12.4. The molecule has 0 saturated carbocycles. The lowest BCUT2D eigenvalue weighted by Gasteiger charge is -2.27. The van der Waals surface area contributed by atoms with Crippen LogP contribution in [0.25, 0.3) is 0 Å². The van der Waals surface area contributed by atoms with E-state index >= 15 is 0 Å². The summed E-state index contributed by atoms with van der Waals surface area (Å²) in [4.78, 5) is 14.3. The fourth-order valence-corrected chi connectivity index (χ4v) is 2.38. The molecule has 19 heavy (non-hydrogen) atoms. The Hall–Kier alpha value is -1.17. The van der Waals surface area contributed by atoms with Crippen molar-refractivity contribution in [2.24, 2.45) is 5.92 Å². The first kappa shape index (κ1) is 15.9. The highest BCUT2D eigenvalue weighted by Gasteiger charge is 2.23. The van der Waals surface area contributed by atoms with E-state index in [1.165, 1.54) is 11.3 Å². The van der Waals surface area contributed by atoms with E-state index in [9.17, 15) is 4.79 Å². The first-order valence-corrected chi connectivity index (χ1v) is 7.65. The summed E-state index contributed by atoms with van der Waals surface area (Å²) in [6.45, 7) is 11.9. The molecule has 1 aromatic heterocycles. The molecule has 0 atom stereocenters. The van der Waals surface area contributed by atoms with Gasteiger partial charge in [-0.3, -0.25) is 4.79 Å². The predicted octanol–water partition coefficient (Wildman–Crippen LogP) is 2.87. The lowest BCUT2D eigenvalue weighted by molar-refractivity contribution is 0.0680.